The van der Waals surface area contributed by atoms with Crippen molar-refractivity contribution in [1.29, 1.82) is 0 Å². The van der Waals surface area contributed by atoms with Crippen LogP contribution in [0.2, 0.25) is 5.02 Å². The van der Waals surface area contributed by atoms with Crippen LogP contribution in [0.15, 0.2) is 18.2 Å². The number of hydrogen-bond acceptors (Lipinski definition) is 2. The van der Waals surface area contributed by atoms with E-state index >= 15 is 0 Å². The Labute approximate surface area is 132 Å². The van der Waals surface area contributed by atoms with Gasteiger partial charge in [-0.2, -0.15) is 0 Å². The summed E-state index contributed by atoms with van der Waals surface area (Å²) in [4.78, 5) is 11.2. The van der Waals surface area contributed by atoms with E-state index in [1.165, 1.54) is 32.1 Å². The summed E-state index contributed by atoms with van der Waals surface area (Å²) in [5, 5.41) is 3.97. The van der Waals surface area contributed by atoms with Crippen molar-refractivity contribution in [2.75, 3.05) is 5.32 Å². The first kappa shape index (κ1) is 16.2. The summed E-state index contributed by atoms with van der Waals surface area (Å²) in [7, 11) is 0. The Hall–Kier alpha value is -1.22. The maximum Gasteiger partial charge on any atom is 0.250 e. The van der Waals surface area contributed by atoms with Gasteiger partial charge in [0, 0.05) is 11.7 Å². The number of carbonyl (C=O) groups excluding carboxylic acids is 1. The number of carbonyl (C=O) groups is 1. The molecule has 0 saturated heterocycles. The van der Waals surface area contributed by atoms with E-state index in [0.29, 0.717) is 16.6 Å². The van der Waals surface area contributed by atoms with Gasteiger partial charge in [0.2, 0.25) is 5.91 Å². The van der Waals surface area contributed by atoms with Crippen LogP contribution >= 0.6 is 11.6 Å². The van der Waals surface area contributed by atoms with E-state index in [1.54, 1.807) is 12.1 Å². The average Bonchev–Trinajstić information content (AvgIpc) is 2.64. The predicted molar refractivity (Wildman–Crippen MR) is 88.8 cm³/mol. The first-order valence-corrected chi connectivity index (χ1v) is 8.21. The van der Waals surface area contributed by atoms with Gasteiger partial charge in [-0.1, -0.05) is 38.3 Å². The highest BCUT2D eigenvalue weighted by Gasteiger charge is 2.21. The Morgan fingerprint density at radius 2 is 2.05 bits per heavy atom. The van der Waals surface area contributed by atoms with Crippen LogP contribution in [0.25, 0.3) is 0 Å². The van der Waals surface area contributed by atoms with Crippen LogP contribution < -0.4 is 11.1 Å². The van der Waals surface area contributed by atoms with Gasteiger partial charge in [0.05, 0.1) is 10.6 Å². The minimum absolute atomic E-state index is 0.378. The fourth-order valence-corrected chi connectivity index (χ4v) is 3.46. The lowest BCUT2D eigenvalue weighted by molar-refractivity contribution is 0.100. The van der Waals surface area contributed by atoms with Crippen molar-refractivity contribution in [2.45, 2.75) is 52.0 Å². The molecule has 0 aliphatic heterocycles. The molecule has 0 radical (unpaired) electrons. The molecule has 1 amide bonds. The maximum atomic E-state index is 11.2. The Bertz CT molecular complexity index is 502. The number of nitrogens with one attached hydrogen (secondary N) is 1. The third-order valence-electron chi connectivity index (χ3n) is 4.56. The van der Waals surface area contributed by atoms with Crippen LogP contribution in [0.1, 0.15) is 56.3 Å². The Kier molecular flexibility index (Phi) is 5.51. The van der Waals surface area contributed by atoms with Gasteiger partial charge in [0.1, 0.15) is 0 Å². The average molecular weight is 309 g/mol. The van der Waals surface area contributed by atoms with Gasteiger partial charge >= 0.3 is 0 Å². The van der Waals surface area contributed by atoms with Crippen molar-refractivity contribution in [1.82, 2.24) is 0 Å². The molecule has 0 spiro atoms. The Morgan fingerprint density at radius 3 is 2.67 bits per heavy atom. The summed E-state index contributed by atoms with van der Waals surface area (Å²) < 4.78 is 0. The van der Waals surface area contributed by atoms with Gasteiger partial charge < -0.3 is 11.1 Å². The number of rotatable bonds is 4. The first-order valence-electron chi connectivity index (χ1n) is 7.83. The minimum atomic E-state index is -0.485. The zero-order chi connectivity index (χ0) is 15.4. The molecule has 116 valence electrons. The molecule has 2 rings (SSSR count). The third-order valence-corrected chi connectivity index (χ3v) is 4.87. The SMILES string of the molecule is CC(C)C1CCCC(Nc2ccc(C(N)=O)c(Cl)c2)CC1. The first-order chi connectivity index (χ1) is 9.97. The van der Waals surface area contributed by atoms with Crippen molar-refractivity contribution in [3.63, 3.8) is 0 Å². The highest BCUT2D eigenvalue weighted by Crippen LogP contribution is 2.30. The molecule has 0 bridgehead atoms. The van der Waals surface area contributed by atoms with Crippen LogP contribution in [-0.2, 0) is 0 Å². The second-order valence-corrected chi connectivity index (χ2v) is 6.82. The predicted octanol–water partition coefficient (Wildman–Crippen LogP) is 4.46. The van der Waals surface area contributed by atoms with Crippen LogP contribution in [0, 0.1) is 11.8 Å². The van der Waals surface area contributed by atoms with E-state index in [2.05, 4.69) is 19.2 Å². The summed E-state index contributed by atoms with van der Waals surface area (Å²) in [6, 6.07) is 5.87. The van der Waals surface area contributed by atoms with E-state index in [9.17, 15) is 4.79 Å². The monoisotopic (exact) mass is 308 g/mol. The molecule has 3 N–H and O–H groups in total. The Balaban J connectivity index is 1.98. The normalized spacial score (nSPS) is 22.9. The lowest BCUT2D eigenvalue weighted by Gasteiger charge is -2.20. The van der Waals surface area contributed by atoms with E-state index < -0.39 is 5.91 Å². The van der Waals surface area contributed by atoms with Gasteiger partial charge in [-0.15, -0.1) is 0 Å². The molecule has 1 saturated carbocycles. The molecule has 3 nitrogen and oxygen atoms in total. The van der Waals surface area contributed by atoms with E-state index in [1.807, 2.05) is 6.07 Å². The number of benzene rings is 1. The number of halogens is 1. The molecule has 0 heterocycles. The van der Waals surface area contributed by atoms with Gasteiger partial charge in [-0.25, -0.2) is 0 Å². The van der Waals surface area contributed by atoms with E-state index in [4.69, 9.17) is 17.3 Å². The third kappa shape index (κ3) is 4.37. The topological polar surface area (TPSA) is 55.1 Å². The number of primary amides is 1. The lowest BCUT2D eigenvalue weighted by Crippen LogP contribution is -2.19. The molecule has 1 aromatic carbocycles. The fraction of sp³-hybridized carbons (Fsp3) is 0.588. The van der Waals surface area contributed by atoms with E-state index in [0.717, 1.165) is 17.5 Å². The summed E-state index contributed by atoms with van der Waals surface area (Å²) in [6.07, 6.45) is 6.27. The van der Waals surface area contributed by atoms with Crippen molar-refractivity contribution < 1.29 is 4.79 Å². The van der Waals surface area contributed by atoms with Crippen LogP contribution in [0.4, 0.5) is 5.69 Å². The number of hydrogen-bond donors (Lipinski definition) is 2. The van der Waals surface area contributed by atoms with Crippen molar-refractivity contribution in [3.05, 3.63) is 28.8 Å². The summed E-state index contributed by atoms with van der Waals surface area (Å²) in [6.45, 7) is 4.64. The van der Waals surface area contributed by atoms with Crippen LogP contribution in [0.5, 0.6) is 0 Å². The molecular formula is C17H25ClN2O. The maximum absolute atomic E-state index is 11.2. The second-order valence-electron chi connectivity index (χ2n) is 6.41. The zero-order valence-electron chi connectivity index (χ0n) is 12.9. The highest BCUT2D eigenvalue weighted by molar-refractivity contribution is 6.34. The van der Waals surface area contributed by atoms with Gasteiger partial charge in [-0.05, 0) is 49.3 Å². The molecule has 2 atom stereocenters. The van der Waals surface area contributed by atoms with Crippen molar-refractivity contribution in [2.24, 2.45) is 17.6 Å². The minimum Gasteiger partial charge on any atom is -0.382 e. The zero-order valence-corrected chi connectivity index (χ0v) is 13.6. The standard InChI is InChI=1S/C17H25ClN2O/c1-11(2)12-4-3-5-13(7-6-12)20-14-8-9-15(17(19)21)16(18)10-14/h8-13,20H,3-7H2,1-2H3,(H2,19,21). The molecule has 1 aliphatic carbocycles. The Morgan fingerprint density at radius 1 is 1.29 bits per heavy atom. The van der Waals surface area contributed by atoms with E-state index in [-0.39, 0.29) is 0 Å². The molecule has 1 aromatic rings. The van der Waals surface area contributed by atoms with Gasteiger partial charge in [-0.3, -0.25) is 4.79 Å². The second kappa shape index (κ2) is 7.17. The largest absolute Gasteiger partial charge is 0.382 e. The highest BCUT2D eigenvalue weighted by atomic mass is 35.5. The molecule has 2 unspecified atom stereocenters. The van der Waals surface area contributed by atoms with Crippen LogP contribution in [-0.4, -0.2) is 11.9 Å². The van der Waals surface area contributed by atoms with Crippen molar-refractivity contribution in [3.8, 4) is 0 Å². The molecule has 0 aromatic heterocycles. The van der Waals surface area contributed by atoms with Gasteiger partial charge in [0.25, 0.3) is 0 Å². The smallest absolute Gasteiger partial charge is 0.250 e. The number of amides is 1. The number of anilines is 1. The molecule has 4 heteroatoms. The molecule has 21 heavy (non-hydrogen) atoms. The summed E-state index contributed by atoms with van der Waals surface area (Å²) in [5.74, 6) is 1.13. The molecule has 1 fully saturated rings. The molecule has 1 aliphatic rings. The summed E-state index contributed by atoms with van der Waals surface area (Å²) in [5.41, 5.74) is 6.62. The molecular weight excluding hydrogens is 284 g/mol. The lowest BCUT2D eigenvalue weighted by atomic mass is 9.89. The van der Waals surface area contributed by atoms with Crippen molar-refractivity contribution >= 4 is 23.2 Å². The fourth-order valence-electron chi connectivity index (χ4n) is 3.18. The number of nitrogens with two attached hydrogens (primary N) is 1. The quantitative estimate of drug-likeness (QED) is 0.807. The van der Waals surface area contributed by atoms with Crippen LogP contribution in [0.3, 0.4) is 0 Å². The summed E-state index contributed by atoms with van der Waals surface area (Å²) >= 11 is 6.10. The van der Waals surface area contributed by atoms with Gasteiger partial charge in [0.15, 0.2) is 0 Å².